The van der Waals surface area contributed by atoms with Gasteiger partial charge in [-0.1, -0.05) is 20.8 Å². The van der Waals surface area contributed by atoms with E-state index in [-0.39, 0.29) is 12.2 Å². The van der Waals surface area contributed by atoms with Crippen LogP contribution < -0.4 is 25.0 Å². The molecule has 0 atom stereocenters. The summed E-state index contributed by atoms with van der Waals surface area (Å²) in [5.74, 6) is 2.42. The molecule has 2 N–H and O–H groups in total. The maximum Gasteiger partial charge on any atom is 0.231 e. The van der Waals surface area contributed by atoms with Gasteiger partial charge in [0.2, 0.25) is 6.79 Å². The van der Waals surface area contributed by atoms with Gasteiger partial charge < -0.3 is 29.6 Å². The van der Waals surface area contributed by atoms with Crippen molar-refractivity contribution >= 4 is 34.3 Å². The number of anilines is 2. The summed E-state index contributed by atoms with van der Waals surface area (Å²) in [7, 11) is 1.89. The van der Waals surface area contributed by atoms with E-state index in [4.69, 9.17) is 14.5 Å². The van der Waals surface area contributed by atoms with Crippen molar-refractivity contribution in [3.05, 3.63) is 24.4 Å². The van der Waals surface area contributed by atoms with E-state index < -0.39 is 0 Å². The topological polar surface area (TPSA) is 76.5 Å². The summed E-state index contributed by atoms with van der Waals surface area (Å²) in [4.78, 5) is 13.0. The Morgan fingerprint density at radius 1 is 1.15 bits per heavy atom. The van der Waals surface area contributed by atoms with Crippen molar-refractivity contribution in [2.45, 2.75) is 43.8 Å². The first-order valence-electron chi connectivity index (χ1n) is 11.5. The van der Waals surface area contributed by atoms with Crippen molar-refractivity contribution in [1.29, 1.82) is 0 Å². The average Bonchev–Trinajstić information content (AvgIpc) is 3.33. The lowest BCUT2D eigenvalue weighted by Gasteiger charge is -2.34. The minimum Gasteiger partial charge on any atom is -0.454 e. The van der Waals surface area contributed by atoms with Gasteiger partial charge in [0.25, 0.3) is 0 Å². The molecule has 0 unspecified atom stereocenters. The molecule has 2 aliphatic heterocycles. The minimum absolute atomic E-state index is 0.246. The first-order valence-corrected chi connectivity index (χ1v) is 12.3. The maximum atomic E-state index is 5.69. The molecule has 9 heteroatoms. The molecule has 1 aromatic carbocycles. The van der Waals surface area contributed by atoms with E-state index >= 15 is 0 Å². The predicted octanol–water partition coefficient (Wildman–Crippen LogP) is 4.20. The maximum absolute atomic E-state index is 5.69. The molecule has 0 bridgehead atoms. The highest BCUT2D eigenvalue weighted by molar-refractivity contribution is 7.99. The molecular formula is C24H32N6O2S. The van der Waals surface area contributed by atoms with Crippen LogP contribution in [0.25, 0.3) is 11.0 Å². The Labute approximate surface area is 199 Å². The van der Waals surface area contributed by atoms with Gasteiger partial charge in [-0.15, -0.1) is 0 Å². The van der Waals surface area contributed by atoms with E-state index in [1.807, 2.05) is 19.3 Å². The first kappa shape index (κ1) is 22.2. The lowest BCUT2D eigenvalue weighted by Crippen LogP contribution is -2.37. The van der Waals surface area contributed by atoms with E-state index in [0.717, 1.165) is 71.1 Å². The van der Waals surface area contributed by atoms with E-state index in [2.05, 4.69) is 58.0 Å². The number of pyridine rings is 1. The fraction of sp³-hybridized carbons (Fsp3) is 0.500. The molecule has 33 heavy (non-hydrogen) atoms. The lowest BCUT2D eigenvalue weighted by atomic mass is 9.97. The quantitative estimate of drug-likeness (QED) is 0.477. The van der Waals surface area contributed by atoms with Crippen molar-refractivity contribution in [3.8, 4) is 11.5 Å². The first-order chi connectivity index (χ1) is 15.9. The fourth-order valence-electron chi connectivity index (χ4n) is 4.06. The molecule has 176 valence electrons. The van der Waals surface area contributed by atoms with Crippen LogP contribution in [0, 0.1) is 5.41 Å². The Morgan fingerprint density at radius 2 is 1.94 bits per heavy atom. The Kier molecular flexibility index (Phi) is 6.01. The van der Waals surface area contributed by atoms with Gasteiger partial charge in [0.05, 0.1) is 11.2 Å². The highest BCUT2D eigenvalue weighted by atomic mass is 32.2. The smallest absolute Gasteiger partial charge is 0.231 e. The molecule has 0 aliphatic carbocycles. The van der Waals surface area contributed by atoms with Gasteiger partial charge in [-0.05, 0) is 29.7 Å². The minimum atomic E-state index is 0.246. The van der Waals surface area contributed by atoms with Crippen LogP contribution in [0.15, 0.2) is 34.4 Å². The van der Waals surface area contributed by atoms with Crippen molar-refractivity contribution in [2.24, 2.45) is 5.41 Å². The van der Waals surface area contributed by atoms with Crippen LogP contribution in [0.5, 0.6) is 11.5 Å². The molecule has 1 fully saturated rings. The predicted molar refractivity (Wildman–Crippen MR) is 133 cm³/mol. The van der Waals surface area contributed by atoms with Crippen molar-refractivity contribution in [1.82, 2.24) is 19.9 Å². The fourth-order valence-corrected chi connectivity index (χ4v) is 5.15. The van der Waals surface area contributed by atoms with Crippen LogP contribution in [0.1, 0.15) is 27.2 Å². The molecule has 2 aliphatic rings. The average molecular weight is 469 g/mol. The summed E-state index contributed by atoms with van der Waals surface area (Å²) in [6.45, 7) is 11.8. The molecule has 8 nitrogen and oxygen atoms in total. The number of imidazole rings is 1. The molecule has 1 saturated heterocycles. The van der Waals surface area contributed by atoms with Gasteiger partial charge in [-0.3, -0.25) is 0 Å². The second kappa shape index (κ2) is 8.95. The Morgan fingerprint density at radius 3 is 2.64 bits per heavy atom. The number of nitrogens with zero attached hydrogens (tertiary/aromatic N) is 4. The third kappa shape index (κ3) is 4.56. The summed E-state index contributed by atoms with van der Waals surface area (Å²) < 4.78 is 13.6. The standard InChI is InChI=1S/C24H32N6O2S/c1-24(2,3)14-26-8-11-30-16-6-7-27-22(25-4)21(16)28-23(30)33-20-13-19-18(31-15-32-19)12-17(20)29-9-5-10-29/h6-7,12-13,26H,5,8-11,14-15H2,1-4H3,(H,25,27). The van der Waals surface area contributed by atoms with Gasteiger partial charge in [0.15, 0.2) is 22.5 Å². The SMILES string of the molecule is CNc1nccc2c1nc(Sc1cc3c(cc1N1CCC1)OCO3)n2CCNCC(C)(C)C. The molecule has 4 heterocycles. The summed E-state index contributed by atoms with van der Waals surface area (Å²) in [5.41, 5.74) is 3.41. The molecule has 0 spiro atoms. The van der Waals surface area contributed by atoms with Crippen LogP contribution >= 0.6 is 11.8 Å². The second-order valence-corrected chi connectivity index (χ2v) is 10.7. The summed E-state index contributed by atoms with van der Waals surface area (Å²) in [6.07, 6.45) is 3.06. The van der Waals surface area contributed by atoms with E-state index in [0.29, 0.717) is 0 Å². The second-order valence-electron chi connectivity index (χ2n) is 9.68. The Bertz CT molecular complexity index is 1150. The monoisotopic (exact) mass is 468 g/mol. The van der Waals surface area contributed by atoms with Gasteiger partial charge in [-0.2, -0.15) is 0 Å². The van der Waals surface area contributed by atoms with E-state index in [1.54, 1.807) is 11.8 Å². The zero-order chi connectivity index (χ0) is 23.0. The zero-order valence-electron chi connectivity index (χ0n) is 19.8. The number of hydrogen-bond acceptors (Lipinski definition) is 8. The largest absolute Gasteiger partial charge is 0.454 e. The van der Waals surface area contributed by atoms with Crippen LogP contribution in [-0.2, 0) is 6.54 Å². The van der Waals surface area contributed by atoms with Crippen LogP contribution in [-0.4, -0.2) is 54.6 Å². The molecule has 0 amide bonds. The number of aromatic nitrogens is 3. The number of hydrogen-bond donors (Lipinski definition) is 2. The summed E-state index contributed by atoms with van der Waals surface area (Å²) in [5, 5.41) is 7.73. The van der Waals surface area contributed by atoms with Crippen LogP contribution in [0.3, 0.4) is 0 Å². The molecule has 2 aromatic heterocycles. The van der Waals surface area contributed by atoms with E-state index in [1.165, 1.54) is 12.1 Å². The number of benzene rings is 1. The van der Waals surface area contributed by atoms with Gasteiger partial charge in [-0.25, -0.2) is 9.97 Å². The van der Waals surface area contributed by atoms with E-state index in [9.17, 15) is 0 Å². The molecule has 3 aromatic rings. The Hall–Kier alpha value is -2.65. The Balaban J connectivity index is 1.50. The zero-order valence-corrected chi connectivity index (χ0v) is 20.6. The number of ether oxygens (including phenoxy) is 2. The van der Waals surface area contributed by atoms with Crippen molar-refractivity contribution < 1.29 is 9.47 Å². The molecular weight excluding hydrogens is 436 g/mol. The van der Waals surface area contributed by atoms with Gasteiger partial charge in [0.1, 0.15) is 5.52 Å². The van der Waals surface area contributed by atoms with Gasteiger partial charge in [0, 0.05) is 63.0 Å². The van der Waals surface area contributed by atoms with Crippen molar-refractivity contribution in [3.63, 3.8) is 0 Å². The van der Waals surface area contributed by atoms with Crippen molar-refractivity contribution in [2.75, 3.05) is 50.2 Å². The highest BCUT2D eigenvalue weighted by Gasteiger charge is 2.25. The third-order valence-electron chi connectivity index (χ3n) is 5.89. The summed E-state index contributed by atoms with van der Waals surface area (Å²) in [6, 6.07) is 6.26. The number of nitrogens with one attached hydrogen (secondary N) is 2. The number of rotatable bonds is 8. The summed E-state index contributed by atoms with van der Waals surface area (Å²) >= 11 is 1.68. The van der Waals surface area contributed by atoms with Crippen LogP contribution in [0.2, 0.25) is 0 Å². The molecule has 0 saturated carbocycles. The third-order valence-corrected chi connectivity index (χ3v) is 6.93. The normalized spacial score (nSPS) is 15.2. The lowest BCUT2D eigenvalue weighted by molar-refractivity contribution is 0.174. The number of fused-ring (bicyclic) bond motifs is 2. The van der Waals surface area contributed by atoms with Gasteiger partial charge >= 0.3 is 0 Å². The highest BCUT2D eigenvalue weighted by Crippen LogP contribution is 2.45. The molecule has 0 radical (unpaired) electrons. The van der Waals surface area contributed by atoms with Crippen LogP contribution in [0.4, 0.5) is 11.5 Å². The molecule has 5 rings (SSSR count).